The Kier molecular flexibility index (Phi) is 4.64. The fourth-order valence-electron chi connectivity index (χ4n) is 3.45. The van der Waals surface area contributed by atoms with Gasteiger partial charge in [0.2, 0.25) is 0 Å². The van der Waals surface area contributed by atoms with Crippen LogP contribution in [0, 0.1) is 11.8 Å². The van der Waals surface area contributed by atoms with E-state index in [0.29, 0.717) is 5.92 Å². The molecule has 0 spiro atoms. The van der Waals surface area contributed by atoms with E-state index in [1.54, 1.807) is 0 Å². The van der Waals surface area contributed by atoms with Crippen molar-refractivity contribution < 1.29 is 9.90 Å². The topological polar surface area (TPSA) is 37.3 Å². The number of carbonyl (C=O) groups is 1. The number of hydrogen-bond acceptors (Lipinski definition) is 1. The standard InChI is InChI=1S/C15H24O2/c16-15(17)14(13-10-6-3-7-11-13)12-8-4-1-2-5-9-12/h8,13-14H,1-7,9-11H2,(H,16,17). The van der Waals surface area contributed by atoms with Gasteiger partial charge in [-0.2, -0.15) is 0 Å². The van der Waals surface area contributed by atoms with Crippen LogP contribution < -0.4 is 0 Å². The van der Waals surface area contributed by atoms with Crippen molar-refractivity contribution in [1.82, 2.24) is 0 Å². The van der Waals surface area contributed by atoms with Gasteiger partial charge in [0.1, 0.15) is 0 Å². The molecule has 0 amide bonds. The van der Waals surface area contributed by atoms with Crippen molar-refractivity contribution in [3.8, 4) is 0 Å². The predicted molar refractivity (Wildman–Crippen MR) is 68.9 cm³/mol. The van der Waals surface area contributed by atoms with Crippen LogP contribution >= 0.6 is 0 Å². The van der Waals surface area contributed by atoms with Crippen LogP contribution in [0.5, 0.6) is 0 Å². The van der Waals surface area contributed by atoms with Crippen LogP contribution in [-0.4, -0.2) is 11.1 Å². The summed E-state index contributed by atoms with van der Waals surface area (Å²) in [6.45, 7) is 0. The lowest BCUT2D eigenvalue weighted by Crippen LogP contribution is -2.27. The zero-order valence-electron chi connectivity index (χ0n) is 10.7. The molecule has 0 saturated heterocycles. The molecule has 0 aromatic heterocycles. The maximum absolute atomic E-state index is 11.6. The Hall–Kier alpha value is -0.790. The SMILES string of the molecule is O=C(O)C(C1=CCCCCC1)C1CCCCC1. The second kappa shape index (κ2) is 6.23. The largest absolute Gasteiger partial charge is 0.481 e. The van der Waals surface area contributed by atoms with Crippen LogP contribution in [0.2, 0.25) is 0 Å². The Morgan fingerprint density at radius 1 is 1.12 bits per heavy atom. The van der Waals surface area contributed by atoms with E-state index in [-0.39, 0.29) is 5.92 Å². The number of rotatable bonds is 3. The van der Waals surface area contributed by atoms with Crippen molar-refractivity contribution >= 4 is 5.97 Å². The highest BCUT2D eigenvalue weighted by molar-refractivity contribution is 5.74. The van der Waals surface area contributed by atoms with Gasteiger partial charge in [-0.1, -0.05) is 37.3 Å². The summed E-state index contributed by atoms with van der Waals surface area (Å²) in [6, 6.07) is 0. The van der Waals surface area contributed by atoms with Crippen LogP contribution in [0.25, 0.3) is 0 Å². The summed E-state index contributed by atoms with van der Waals surface area (Å²) in [5.41, 5.74) is 1.24. The minimum Gasteiger partial charge on any atom is -0.481 e. The van der Waals surface area contributed by atoms with E-state index in [9.17, 15) is 9.90 Å². The van der Waals surface area contributed by atoms with Crippen molar-refractivity contribution in [1.29, 1.82) is 0 Å². The maximum atomic E-state index is 11.6. The summed E-state index contributed by atoms with van der Waals surface area (Å²) in [4.78, 5) is 11.6. The Bertz CT molecular complexity index is 287. The molecule has 17 heavy (non-hydrogen) atoms. The highest BCUT2D eigenvalue weighted by Gasteiger charge is 2.32. The van der Waals surface area contributed by atoms with Crippen molar-refractivity contribution in [2.45, 2.75) is 64.2 Å². The Morgan fingerprint density at radius 2 is 1.82 bits per heavy atom. The third kappa shape index (κ3) is 3.34. The lowest BCUT2D eigenvalue weighted by Gasteiger charge is -2.29. The van der Waals surface area contributed by atoms with Gasteiger partial charge in [0.25, 0.3) is 0 Å². The van der Waals surface area contributed by atoms with Crippen molar-refractivity contribution in [2.75, 3.05) is 0 Å². The molecule has 96 valence electrons. The monoisotopic (exact) mass is 236 g/mol. The molecule has 1 fully saturated rings. The van der Waals surface area contributed by atoms with Gasteiger partial charge in [-0.15, -0.1) is 0 Å². The second-order valence-corrected chi connectivity index (χ2v) is 5.59. The molecule has 0 aliphatic heterocycles. The van der Waals surface area contributed by atoms with E-state index in [1.165, 1.54) is 44.1 Å². The molecule has 0 aromatic rings. The highest BCUT2D eigenvalue weighted by Crippen LogP contribution is 2.37. The fraction of sp³-hybridized carbons (Fsp3) is 0.800. The molecule has 2 aliphatic rings. The fourth-order valence-corrected chi connectivity index (χ4v) is 3.45. The molecule has 0 heterocycles. The molecule has 2 rings (SSSR count). The van der Waals surface area contributed by atoms with Crippen LogP contribution in [0.15, 0.2) is 11.6 Å². The number of hydrogen-bond donors (Lipinski definition) is 1. The molecule has 1 unspecified atom stereocenters. The summed E-state index contributed by atoms with van der Waals surface area (Å²) < 4.78 is 0. The Balaban J connectivity index is 2.09. The van der Waals surface area contributed by atoms with E-state index >= 15 is 0 Å². The van der Waals surface area contributed by atoms with E-state index < -0.39 is 5.97 Å². The van der Waals surface area contributed by atoms with Crippen molar-refractivity contribution in [3.05, 3.63) is 11.6 Å². The molecule has 1 saturated carbocycles. The van der Waals surface area contributed by atoms with E-state index in [4.69, 9.17) is 0 Å². The Morgan fingerprint density at radius 3 is 2.53 bits per heavy atom. The first-order valence-corrected chi connectivity index (χ1v) is 7.21. The molecule has 2 heteroatoms. The molecule has 2 nitrogen and oxygen atoms in total. The molecular formula is C15H24O2. The van der Waals surface area contributed by atoms with Gasteiger partial charge in [0.15, 0.2) is 0 Å². The lowest BCUT2D eigenvalue weighted by molar-refractivity contribution is -0.142. The van der Waals surface area contributed by atoms with Gasteiger partial charge in [-0.3, -0.25) is 4.79 Å². The average Bonchev–Trinajstić information content (AvgIpc) is 2.59. The van der Waals surface area contributed by atoms with E-state index in [2.05, 4.69) is 6.08 Å². The van der Waals surface area contributed by atoms with Crippen LogP contribution in [-0.2, 0) is 4.79 Å². The molecule has 1 N–H and O–H groups in total. The third-order valence-electron chi connectivity index (χ3n) is 4.36. The van der Waals surface area contributed by atoms with Gasteiger partial charge in [-0.05, 0) is 44.4 Å². The number of carboxylic acid groups (broad SMARTS) is 1. The summed E-state index contributed by atoms with van der Waals surface area (Å²) in [7, 11) is 0. The molecule has 0 aromatic carbocycles. The maximum Gasteiger partial charge on any atom is 0.310 e. The van der Waals surface area contributed by atoms with Crippen LogP contribution in [0.4, 0.5) is 0 Å². The first kappa shape index (κ1) is 12.7. The number of aliphatic carboxylic acids is 1. The summed E-state index contributed by atoms with van der Waals surface area (Å²) >= 11 is 0. The smallest absolute Gasteiger partial charge is 0.310 e. The van der Waals surface area contributed by atoms with Crippen LogP contribution in [0.3, 0.4) is 0 Å². The summed E-state index contributed by atoms with van der Waals surface area (Å²) in [5, 5.41) is 9.53. The lowest BCUT2D eigenvalue weighted by atomic mass is 9.75. The zero-order chi connectivity index (χ0) is 12.1. The quantitative estimate of drug-likeness (QED) is 0.747. The highest BCUT2D eigenvalue weighted by atomic mass is 16.4. The zero-order valence-corrected chi connectivity index (χ0v) is 10.7. The Labute approximate surface area is 104 Å². The minimum atomic E-state index is -0.579. The second-order valence-electron chi connectivity index (χ2n) is 5.59. The molecule has 1 atom stereocenters. The van der Waals surface area contributed by atoms with E-state index in [1.807, 2.05) is 0 Å². The molecular weight excluding hydrogens is 212 g/mol. The van der Waals surface area contributed by atoms with Gasteiger partial charge in [0, 0.05) is 0 Å². The van der Waals surface area contributed by atoms with Gasteiger partial charge in [0.05, 0.1) is 5.92 Å². The predicted octanol–water partition coefficient (Wildman–Crippen LogP) is 4.16. The third-order valence-corrected chi connectivity index (χ3v) is 4.36. The average molecular weight is 236 g/mol. The summed E-state index contributed by atoms with van der Waals surface area (Å²) in [6.07, 6.45) is 14.0. The van der Waals surface area contributed by atoms with Gasteiger partial charge >= 0.3 is 5.97 Å². The first-order valence-electron chi connectivity index (χ1n) is 7.21. The van der Waals surface area contributed by atoms with Gasteiger partial charge in [-0.25, -0.2) is 0 Å². The number of carboxylic acids is 1. The normalized spacial score (nSPS) is 24.8. The molecule has 0 radical (unpaired) electrons. The molecule has 0 bridgehead atoms. The van der Waals surface area contributed by atoms with Crippen molar-refractivity contribution in [3.63, 3.8) is 0 Å². The summed E-state index contributed by atoms with van der Waals surface area (Å²) in [5.74, 6) is -0.343. The van der Waals surface area contributed by atoms with Crippen molar-refractivity contribution in [2.24, 2.45) is 11.8 Å². The van der Waals surface area contributed by atoms with Gasteiger partial charge < -0.3 is 5.11 Å². The minimum absolute atomic E-state index is 0.173. The first-order chi connectivity index (χ1) is 8.29. The molecule has 2 aliphatic carbocycles. The van der Waals surface area contributed by atoms with Crippen LogP contribution in [0.1, 0.15) is 64.2 Å². The number of allylic oxidation sites excluding steroid dienone is 1. The van der Waals surface area contributed by atoms with E-state index in [0.717, 1.165) is 25.7 Å².